The van der Waals surface area contributed by atoms with Crippen molar-refractivity contribution in [3.05, 3.63) is 52.0 Å². The number of carbonyl (C=O) groups excluding carboxylic acids is 1. The number of anilines is 1. The molecular weight excluding hydrogens is 342 g/mol. The Bertz CT molecular complexity index is 1050. The summed E-state index contributed by atoms with van der Waals surface area (Å²) in [5, 5.41) is 2.82. The van der Waals surface area contributed by atoms with Gasteiger partial charge in [-0.25, -0.2) is 9.78 Å². The third-order valence-electron chi connectivity index (χ3n) is 4.49. The second-order valence-electron chi connectivity index (χ2n) is 7.21. The molecule has 0 bridgehead atoms. The molecule has 2 heterocycles. The molecule has 0 aliphatic rings. The van der Waals surface area contributed by atoms with Gasteiger partial charge >= 0.3 is 5.69 Å². The Balaban J connectivity index is 1.93. The Labute approximate surface area is 157 Å². The summed E-state index contributed by atoms with van der Waals surface area (Å²) in [4.78, 5) is 35.4. The zero-order chi connectivity index (χ0) is 19.7. The highest BCUT2D eigenvalue weighted by molar-refractivity contribution is 6.03. The maximum absolute atomic E-state index is 12.6. The molecule has 0 fully saturated rings. The van der Waals surface area contributed by atoms with Crippen molar-refractivity contribution in [3.8, 4) is 0 Å². The molecule has 0 aliphatic carbocycles. The third-order valence-corrected chi connectivity index (χ3v) is 4.49. The Hall–Kier alpha value is -2.96. The number of fused-ring (bicyclic) bond motifs is 1. The highest BCUT2D eigenvalue weighted by atomic mass is 16.2. The number of aryl methyl sites for hydroxylation is 1. The molecule has 2 aromatic heterocycles. The van der Waals surface area contributed by atoms with Crippen molar-refractivity contribution < 1.29 is 4.79 Å². The quantitative estimate of drug-likeness (QED) is 0.720. The van der Waals surface area contributed by atoms with Gasteiger partial charge in [-0.05, 0) is 37.1 Å². The molecule has 0 aliphatic heterocycles. The maximum Gasteiger partial charge on any atom is 0.345 e. The van der Waals surface area contributed by atoms with E-state index in [1.54, 1.807) is 6.07 Å². The van der Waals surface area contributed by atoms with E-state index in [2.05, 4.69) is 40.6 Å². The predicted octanol–water partition coefficient (Wildman–Crippen LogP) is 3.64. The fourth-order valence-electron chi connectivity index (χ4n) is 3.10. The van der Waals surface area contributed by atoms with Gasteiger partial charge in [0.1, 0.15) is 11.5 Å². The van der Waals surface area contributed by atoms with Crippen molar-refractivity contribution in [2.45, 2.75) is 53.0 Å². The molecule has 2 N–H and O–H groups in total. The highest BCUT2D eigenvalue weighted by Gasteiger charge is 2.15. The molecule has 0 atom stereocenters. The van der Waals surface area contributed by atoms with Gasteiger partial charge in [-0.2, -0.15) is 4.98 Å². The maximum atomic E-state index is 12.6. The summed E-state index contributed by atoms with van der Waals surface area (Å²) in [6, 6.07) is 7.26. The lowest BCUT2D eigenvalue weighted by atomic mass is 10.1. The SMILES string of the molecule is CCn1c(C(C)C)nc2cc(NC(=O)c3cc(C(C)C)[nH]c(=O)n3)ccc21. The molecule has 1 amide bonds. The Morgan fingerprint density at radius 2 is 1.89 bits per heavy atom. The topological polar surface area (TPSA) is 92.7 Å². The van der Waals surface area contributed by atoms with Crippen LogP contribution in [-0.4, -0.2) is 25.4 Å². The van der Waals surface area contributed by atoms with Crippen molar-refractivity contribution in [3.63, 3.8) is 0 Å². The summed E-state index contributed by atoms with van der Waals surface area (Å²) in [5.41, 5.74) is 2.75. The number of H-pyrrole nitrogens is 1. The van der Waals surface area contributed by atoms with Gasteiger partial charge in [0, 0.05) is 23.8 Å². The Morgan fingerprint density at radius 1 is 1.15 bits per heavy atom. The molecular formula is C20H25N5O2. The van der Waals surface area contributed by atoms with Crippen LogP contribution in [0, 0.1) is 0 Å². The van der Waals surface area contributed by atoms with Crippen LogP contribution in [0.1, 0.15) is 68.5 Å². The van der Waals surface area contributed by atoms with Crippen LogP contribution >= 0.6 is 0 Å². The van der Waals surface area contributed by atoms with Crippen LogP contribution in [-0.2, 0) is 6.54 Å². The van der Waals surface area contributed by atoms with E-state index in [0.29, 0.717) is 17.3 Å². The van der Waals surface area contributed by atoms with Crippen LogP contribution < -0.4 is 11.0 Å². The van der Waals surface area contributed by atoms with Crippen LogP contribution in [0.2, 0.25) is 0 Å². The number of nitrogens with zero attached hydrogens (tertiary/aromatic N) is 3. The molecule has 3 aromatic rings. The third kappa shape index (κ3) is 3.77. The second kappa shape index (κ2) is 7.34. The van der Waals surface area contributed by atoms with Crippen LogP contribution in [0.3, 0.4) is 0 Å². The average molecular weight is 367 g/mol. The molecule has 3 rings (SSSR count). The van der Waals surface area contributed by atoms with Crippen molar-refractivity contribution in [1.82, 2.24) is 19.5 Å². The van der Waals surface area contributed by atoms with Gasteiger partial charge in [-0.1, -0.05) is 27.7 Å². The van der Waals surface area contributed by atoms with Crippen LogP contribution in [0.5, 0.6) is 0 Å². The van der Waals surface area contributed by atoms with E-state index < -0.39 is 11.6 Å². The largest absolute Gasteiger partial charge is 0.345 e. The number of rotatable bonds is 5. The number of hydrogen-bond donors (Lipinski definition) is 2. The molecule has 27 heavy (non-hydrogen) atoms. The van der Waals surface area contributed by atoms with E-state index in [1.165, 1.54) is 0 Å². The van der Waals surface area contributed by atoms with E-state index in [-0.39, 0.29) is 11.6 Å². The standard InChI is InChI=1S/C20H25N5O2/c1-6-25-17-8-7-13(9-15(17)22-18(25)12(4)5)21-19(26)16-10-14(11(2)3)23-20(27)24-16/h7-12H,6H2,1-5H3,(H,21,26)(H,23,24,27). The minimum atomic E-state index is -0.523. The fraction of sp³-hybridized carbons (Fsp3) is 0.400. The fourth-order valence-corrected chi connectivity index (χ4v) is 3.10. The van der Waals surface area contributed by atoms with Gasteiger partial charge in [0.05, 0.1) is 11.0 Å². The highest BCUT2D eigenvalue weighted by Crippen LogP contribution is 2.24. The number of nitrogens with one attached hydrogen (secondary N) is 2. The first-order valence-corrected chi connectivity index (χ1v) is 9.23. The number of aromatic nitrogens is 4. The zero-order valence-electron chi connectivity index (χ0n) is 16.3. The van der Waals surface area contributed by atoms with Crippen molar-refractivity contribution in [2.24, 2.45) is 0 Å². The van der Waals surface area contributed by atoms with E-state index >= 15 is 0 Å². The molecule has 0 spiro atoms. The number of hydrogen-bond acceptors (Lipinski definition) is 4. The number of benzene rings is 1. The molecule has 0 saturated heterocycles. The van der Waals surface area contributed by atoms with Crippen LogP contribution in [0.25, 0.3) is 11.0 Å². The molecule has 0 saturated carbocycles. The van der Waals surface area contributed by atoms with Gasteiger partial charge in [0.25, 0.3) is 5.91 Å². The molecule has 142 valence electrons. The van der Waals surface area contributed by atoms with E-state index in [1.807, 2.05) is 32.0 Å². The first kappa shape index (κ1) is 18.8. The first-order chi connectivity index (χ1) is 12.8. The zero-order valence-corrected chi connectivity index (χ0v) is 16.3. The second-order valence-corrected chi connectivity index (χ2v) is 7.21. The lowest BCUT2D eigenvalue weighted by Crippen LogP contribution is -2.22. The molecule has 7 heteroatoms. The van der Waals surface area contributed by atoms with E-state index in [4.69, 9.17) is 4.98 Å². The minimum absolute atomic E-state index is 0.0936. The van der Waals surface area contributed by atoms with E-state index in [9.17, 15) is 9.59 Å². The first-order valence-electron chi connectivity index (χ1n) is 9.23. The van der Waals surface area contributed by atoms with E-state index in [0.717, 1.165) is 23.4 Å². The monoisotopic (exact) mass is 367 g/mol. The normalized spacial score (nSPS) is 11.5. The number of amides is 1. The summed E-state index contributed by atoms with van der Waals surface area (Å²) in [5.74, 6) is 1.01. The lowest BCUT2D eigenvalue weighted by Gasteiger charge is -2.09. The number of imidazole rings is 1. The average Bonchev–Trinajstić information content (AvgIpc) is 2.99. The Morgan fingerprint density at radius 3 is 2.52 bits per heavy atom. The van der Waals surface area contributed by atoms with Gasteiger partial charge in [0.15, 0.2) is 0 Å². The predicted molar refractivity (Wildman–Crippen MR) is 106 cm³/mol. The van der Waals surface area contributed by atoms with Gasteiger partial charge in [-0.3, -0.25) is 4.79 Å². The molecule has 0 radical (unpaired) electrons. The van der Waals surface area contributed by atoms with Gasteiger partial charge in [0.2, 0.25) is 0 Å². The van der Waals surface area contributed by atoms with Gasteiger partial charge < -0.3 is 14.9 Å². The number of aromatic amines is 1. The summed E-state index contributed by atoms with van der Waals surface area (Å²) < 4.78 is 2.18. The van der Waals surface area contributed by atoms with Crippen molar-refractivity contribution >= 4 is 22.6 Å². The van der Waals surface area contributed by atoms with Crippen molar-refractivity contribution in [1.29, 1.82) is 0 Å². The van der Waals surface area contributed by atoms with Gasteiger partial charge in [-0.15, -0.1) is 0 Å². The Kier molecular flexibility index (Phi) is 5.12. The van der Waals surface area contributed by atoms with Crippen molar-refractivity contribution in [2.75, 3.05) is 5.32 Å². The minimum Gasteiger partial charge on any atom is -0.328 e. The molecule has 7 nitrogen and oxygen atoms in total. The summed E-state index contributed by atoms with van der Waals surface area (Å²) in [7, 11) is 0. The smallest absolute Gasteiger partial charge is 0.328 e. The summed E-state index contributed by atoms with van der Waals surface area (Å²) in [6.07, 6.45) is 0. The van der Waals surface area contributed by atoms with Crippen LogP contribution in [0.15, 0.2) is 29.1 Å². The molecule has 1 aromatic carbocycles. The summed E-state index contributed by atoms with van der Waals surface area (Å²) in [6.45, 7) is 11.0. The number of carbonyl (C=O) groups is 1. The van der Waals surface area contributed by atoms with Crippen LogP contribution in [0.4, 0.5) is 5.69 Å². The molecule has 0 unspecified atom stereocenters. The lowest BCUT2D eigenvalue weighted by molar-refractivity contribution is 0.102. The summed E-state index contributed by atoms with van der Waals surface area (Å²) >= 11 is 0.